The number of carboxylic acid groups (broad SMARTS) is 1. The van der Waals surface area contributed by atoms with Crippen molar-refractivity contribution in [3.8, 4) is 11.3 Å². The van der Waals surface area contributed by atoms with Crippen molar-refractivity contribution >= 4 is 52.7 Å². The van der Waals surface area contributed by atoms with E-state index in [2.05, 4.69) is 4.99 Å². The molecule has 0 amide bonds. The number of benzene rings is 2. The highest BCUT2D eigenvalue weighted by molar-refractivity contribution is 7.98. The van der Waals surface area contributed by atoms with Crippen LogP contribution < -0.4 is 14.9 Å². The van der Waals surface area contributed by atoms with Crippen LogP contribution in [0.1, 0.15) is 41.6 Å². The van der Waals surface area contributed by atoms with Crippen molar-refractivity contribution in [2.45, 2.75) is 24.8 Å². The molecule has 1 aliphatic heterocycles. The largest absolute Gasteiger partial charge is 0.478 e. The van der Waals surface area contributed by atoms with Crippen LogP contribution in [0.3, 0.4) is 0 Å². The Kier molecular flexibility index (Phi) is 7.84. The number of aromatic nitrogens is 1. The number of allylic oxidation sites excluding steroid dienone is 1. The van der Waals surface area contributed by atoms with Gasteiger partial charge in [-0.2, -0.15) is 0 Å². The summed E-state index contributed by atoms with van der Waals surface area (Å²) < 4.78 is 13.2. The van der Waals surface area contributed by atoms with Crippen molar-refractivity contribution in [2.24, 2.45) is 4.99 Å². The molecule has 40 heavy (non-hydrogen) atoms. The van der Waals surface area contributed by atoms with E-state index in [1.807, 2.05) is 30.5 Å². The summed E-state index contributed by atoms with van der Waals surface area (Å²) >= 11 is 8.91. The number of fused-ring (bicyclic) bond motifs is 1. The quantitative estimate of drug-likeness (QED) is 0.233. The summed E-state index contributed by atoms with van der Waals surface area (Å²) in [6.45, 7) is 3.67. The van der Waals surface area contributed by atoms with Gasteiger partial charge in [0.2, 0.25) is 0 Å². The Morgan fingerprint density at radius 1 is 1.20 bits per heavy atom. The Labute approximate surface area is 241 Å². The second-order valence-electron chi connectivity index (χ2n) is 8.78. The van der Waals surface area contributed by atoms with Crippen molar-refractivity contribution in [3.05, 3.63) is 107 Å². The van der Waals surface area contributed by atoms with E-state index in [1.165, 1.54) is 28.0 Å². The van der Waals surface area contributed by atoms with Crippen LogP contribution >= 0.6 is 34.7 Å². The van der Waals surface area contributed by atoms with Gasteiger partial charge in [-0.05, 0) is 62.1 Å². The Morgan fingerprint density at radius 2 is 1.95 bits per heavy atom. The van der Waals surface area contributed by atoms with Gasteiger partial charge in [0.25, 0.3) is 5.56 Å². The maximum atomic E-state index is 13.8. The number of carboxylic acids is 1. The average molecular weight is 595 g/mol. The molecule has 0 unspecified atom stereocenters. The highest BCUT2D eigenvalue weighted by atomic mass is 35.5. The minimum absolute atomic E-state index is 0.00608. The molecule has 0 saturated carbocycles. The molecule has 1 aliphatic rings. The Bertz CT molecular complexity index is 1850. The number of halogens is 1. The van der Waals surface area contributed by atoms with Crippen LogP contribution in [0, 0.1) is 0 Å². The predicted molar refractivity (Wildman–Crippen MR) is 155 cm³/mol. The lowest BCUT2D eigenvalue weighted by Crippen LogP contribution is -2.39. The lowest BCUT2D eigenvalue weighted by Gasteiger charge is -2.24. The first-order chi connectivity index (χ1) is 19.2. The molecule has 5 rings (SSSR count). The minimum atomic E-state index is -1.12. The maximum Gasteiger partial charge on any atom is 0.338 e. The number of aromatic carboxylic acids is 1. The highest BCUT2D eigenvalue weighted by Crippen LogP contribution is 2.32. The van der Waals surface area contributed by atoms with Crippen molar-refractivity contribution in [2.75, 3.05) is 12.9 Å². The fraction of sp³-hybridized carbons (Fsp3) is 0.172. The lowest BCUT2D eigenvalue weighted by atomic mass is 9.96. The number of esters is 1. The third kappa shape index (κ3) is 5.17. The fourth-order valence-corrected chi connectivity index (χ4v) is 6.15. The minimum Gasteiger partial charge on any atom is -0.478 e. The van der Waals surface area contributed by atoms with Crippen LogP contribution in [0.5, 0.6) is 0 Å². The number of nitrogens with zero attached hydrogens (tertiary/aromatic N) is 2. The summed E-state index contributed by atoms with van der Waals surface area (Å²) in [6, 6.07) is 15.0. The number of carbonyl (C=O) groups excluding carboxylic acids is 1. The van der Waals surface area contributed by atoms with E-state index in [4.69, 9.17) is 20.8 Å². The number of thioether (sulfide) groups is 1. The first-order valence-electron chi connectivity index (χ1n) is 12.2. The van der Waals surface area contributed by atoms with Crippen LogP contribution in [-0.2, 0) is 9.53 Å². The Balaban J connectivity index is 1.59. The molecule has 0 fully saturated rings. The van der Waals surface area contributed by atoms with E-state index in [1.54, 1.807) is 49.9 Å². The first-order valence-corrected chi connectivity index (χ1v) is 14.6. The van der Waals surface area contributed by atoms with Gasteiger partial charge in [-0.15, -0.1) is 11.8 Å². The van der Waals surface area contributed by atoms with Crippen molar-refractivity contribution in [1.82, 2.24) is 4.57 Å². The number of hydrogen-bond donors (Lipinski definition) is 1. The van der Waals surface area contributed by atoms with Gasteiger partial charge in [-0.25, -0.2) is 14.6 Å². The molecule has 4 aromatic rings. The second kappa shape index (κ2) is 11.3. The van der Waals surface area contributed by atoms with Crippen LogP contribution in [0.2, 0.25) is 5.02 Å². The monoisotopic (exact) mass is 594 g/mol. The average Bonchev–Trinajstić information content (AvgIpc) is 3.52. The molecule has 0 spiro atoms. The molecule has 0 radical (unpaired) electrons. The molecule has 0 saturated heterocycles. The predicted octanol–water partition coefficient (Wildman–Crippen LogP) is 5.13. The summed E-state index contributed by atoms with van der Waals surface area (Å²) in [6.07, 6.45) is 3.60. The van der Waals surface area contributed by atoms with E-state index >= 15 is 0 Å². The fourth-order valence-electron chi connectivity index (χ4n) is 4.45. The zero-order valence-electron chi connectivity index (χ0n) is 21.6. The van der Waals surface area contributed by atoms with E-state index in [-0.39, 0.29) is 22.8 Å². The van der Waals surface area contributed by atoms with Gasteiger partial charge >= 0.3 is 11.9 Å². The van der Waals surface area contributed by atoms with E-state index in [9.17, 15) is 19.5 Å². The molecular formula is C29H23ClN2O6S2. The zero-order chi connectivity index (χ0) is 28.6. The molecule has 2 aromatic heterocycles. The standard InChI is InChI=1S/C29H23ClN2O6S2/c1-4-37-28(36)24-15(2)31-29-32(25(24)16-5-9-19(39-3)10-6-16)26(33)23(40-29)14-18-8-12-22(38-18)17-7-11-20(27(34)35)21(30)13-17/h5-14,25H,4H2,1-3H3,(H,34,35)/b23-14-/t25-/m0/s1. The maximum absolute atomic E-state index is 13.8. The van der Waals surface area contributed by atoms with Crippen molar-refractivity contribution in [1.29, 1.82) is 0 Å². The smallest absolute Gasteiger partial charge is 0.338 e. The molecule has 1 atom stereocenters. The molecular weight excluding hydrogens is 572 g/mol. The van der Waals surface area contributed by atoms with Gasteiger partial charge < -0.3 is 14.3 Å². The Hall–Kier alpha value is -3.86. The summed E-state index contributed by atoms with van der Waals surface area (Å²) in [5, 5.41) is 9.31. The van der Waals surface area contributed by atoms with Crippen LogP contribution in [-0.4, -0.2) is 34.5 Å². The molecule has 8 nitrogen and oxygen atoms in total. The highest BCUT2D eigenvalue weighted by Gasteiger charge is 2.33. The van der Waals surface area contributed by atoms with Gasteiger partial charge in [0.05, 0.1) is 39.0 Å². The van der Waals surface area contributed by atoms with Crippen molar-refractivity contribution in [3.63, 3.8) is 0 Å². The van der Waals surface area contributed by atoms with Crippen LogP contribution in [0.15, 0.2) is 85.0 Å². The molecule has 0 aliphatic carbocycles. The number of hydrogen-bond acceptors (Lipinski definition) is 8. The first kappa shape index (κ1) is 27.7. The second-order valence-corrected chi connectivity index (χ2v) is 11.1. The number of carbonyl (C=O) groups is 2. The van der Waals surface area contributed by atoms with Crippen molar-refractivity contribution < 1.29 is 23.8 Å². The van der Waals surface area contributed by atoms with Gasteiger partial charge in [0.15, 0.2) is 4.80 Å². The summed E-state index contributed by atoms with van der Waals surface area (Å²) in [7, 11) is 0. The number of thiazole rings is 1. The lowest BCUT2D eigenvalue weighted by molar-refractivity contribution is -0.139. The SMILES string of the molecule is CCOC(=O)C1=C(C)N=c2s/c(=C\c3ccc(-c4ccc(C(=O)O)c(Cl)c4)o3)c(=O)n2[C@H]1c1ccc(SC)cc1. The van der Waals surface area contributed by atoms with E-state index < -0.39 is 18.0 Å². The van der Waals surface area contributed by atoms with E-state index in [0.717, 1.165) is 10.5 Å². The molecule has 0 bridgehead atoms. The third-order valence-corrected chi connectivity index (χ3v) is 8.37. The third-order valence-electron chi connectivity index (χ3n) is 6.33. The van der Waals surface area contributed by atoms with E-state index in [0.29, 0.717) is 37.7 Å². The zero-order valence-corrected chi connectivity index (χ0v) is 24.0. The Morgan fingerprint density at radius 3 is 2.60 bits per heavy atom. The molecule has 1 N–H and O–H groups in total. The summed E-state index contributed by atoms with van der Waals surface area (Å²) in [4.78, 5) is 44.2. The summed E-state index contributed by atoms with van der Waals surface area (Å²) in [5.41, 5.74) is 1.85. The molecule has 204 valence electrons. The summed E-state index contributed by atoms with van der Waals surface area (Å²) in [5.74, 6) is -0.752. The molecule has 2 aromatic carbocycles. The number of rotatable bonds is 7. The van der Waals surface area contributed by atoms with Gasteiger partial charge in [0.1, 0.15) is 11.5 Å². The van der Waals surface area contributed by atoms with Gasteiger partial charge in [-0.1, -0.05) is 41.1 Å². The van der Waals surface area contributed by atoms with Gasteiger partial charge in [0, 0.05) is 16.5 Å². The normalized spacial score (nSPS) is 15.1. The van der Waals surface area contributed by atoms with Crippen LogP contribution in [0.4, 0.5) is 0 Å². The number of ether oxygens (including phenoxy) is 1. The number of furan rings is 1. The molecule has 11 heteroatoms. The van der Waals surface area contributed by atoms with Crippen LogP contribution in [0.25, 0.3) is 17.4 Å². The van der Waals surface area contributed by atoms with Gasteiger partial charge in [-0.3, -0.25) is 9.36 Å². The molecule has 3 heterocycles. The topological polar surface area (TPSA) is 111 Å².